The number of benzene rings is 1. The van der Waals surface area contributed by atoms with Crippen LogP contribution in [0.4, 0.5) is 0 Å². The molecule has 1 saturated heterocycles. The zero-order valence-corrected chi connectivity index (χ0v) is 14.9. The second-order valence-electron chi connectivity index (χ2n) is 6.10. The molecule has 0 saturated carbocycles. The first-order valence-electron chi connectivity index (χ1n) is 8.20. The molecule has 2 heterocycles. The molecule has 1 amide bonds. The number of carbonyl (C=O) groups is 1. The first kappa shape index (κ1) is 17.4. The Labute approximate surface area is 147 Å². The minimum Gasteiger partial charge on any atom is -0.493 e. The molecule has 2 atom stereocenters. The third kappa shape index (κ3) is 3.51. The van der Waals surface area contributed by atoms with Gasteiger partial charge in [0.2, 0.25) is 24.2 Å². The van der Waals surface area contributed by atoms with Crippen LogP contribution in [0.1, 0.15) is 19.4 Å². The van der Waals surface area contributed by atoms with E-state index < -0.39 is 0 Å². The largest absolute Gasteiger partial charge is 0.493 e. The Morgan fingerprint density at radius 2 is 1.84 bits per heavy atom. The first-order valence-corrected chi connectivity index (χ1v) is 8.20. The smallest absolute Gasteiger partial charge is 0.246 e. The molecule has 0 aliphatic carbocycles. The van der Waals surface area contributed by atoms with Crippen molar-refractivity contribution in [2.24, 2.45) is 0 Å². The highest BCUT2D eigenvalue weighted by atomic mass is 16.7. The number of amides is 1. The highest BCUT2D eigenvalue weighted by Crippen LogP contribution is 2.49. The Morgan fingerprint density at radius 1 is 1.16 bits per heavy atom. The van der Waals surface area contributed by atoms with Crippen LogP contribution in [0.2, 0.25) is 0 Å². The molecule has 2 unspecified atom stereocenters. The number of methoxy groups -OCH3 is 2. The van der Waals surface area contributed by atoms with Gasteiger partial charge in [-0.1, -0.05) is 0 Å². The lowest BCUT2D eigenvalue weighted by Gasteiger charge is -2.34. The average molecular weight is 349 g/mol. The van der Waals surface area contributed by atoms with Gasteiger partial charge in [-0.3, -0.25) is 4.79 Å². The van der Waals surface area contributed by atoms with E-state index in [9.17, 15) is 4.79 Å². The number of hydrogen-bond donors (Lipinski definition) is 0. The Bertz CT molecular complexity index is 677. The van der Waals surface area contributed by atoms with Crippen LogP contribution in [0, 0.1) is 0 Å². The zero-order chi connectivity index (χ0) is 18.0. The second-order valence-corrected chi connectivity index (χ2v) is 6.10. The topological polar surface area (TPSA) is 66.5 Å². The number of hydrogen-bond acceptors (Lipinski definition) is 6. The zero-order valence-electron chi connectivity index (χ0n) is 14.9. The van der Waals surface area contributed by atoms with Gasteiger partial charge in [0.1, 0.15) is 0 Å². The summed E-state index contributed by atoms with van der Waals surface area (Å²) in [5, 5.41) is 0. The van der Waals surface area contributed by atoms with Gasteiger partial charge in [0.05, 0.1) is 26.4 Å². The fraction of sp³-hybridized carbons (Fsp3) is 0.500. The maximum Gasteiger partial charge on any atom is 0.246 e. The highest BCUT2D eigenvalue weighted by Gasteiger charge is 2.27. The molecule has 0 radical (unpaired) electrons. The van der Waals surface area contributed by atoms with Gasteiger partial charge in [0.15, 0.2) is 11.5 Å². The molecule has 0 spiro atoms. The summed E-state index contributed by atoms with van der Waals surface area (Å²) in [6.07, 6.45) is 3.29. The van der Waals surface area contributed by atoms with Crippen molar-refractivity contribution in [3.63, 3.8) is 0 Å². The molecule has 2 aliphatic heterocycles. The lowest BCUT2D eigenvalue weighted by Crippen LogP contribution is -2.47. The molecule has 136 valence electrons. The van der Waals surface area contributed by atoms with Gasteiger partial charge < -0.3 is 28.6 Å². The third-order valence-corrected chi connectivity index (χ3v) is 4.15. The van der Waals surface area contributed by atoms with Crippen molar-refractivity contribution in [2.75, 3.05) is 34.1 Å². The van der Waals surface area contributed by atoms with Crippen molar-refractivity contribution in [1.29, 1.82) is 0 Å². The van der Waals surface area contributed by atoms with Crippen LogP contribution in [0.15, 0.2) is 12.1 Å². The predicted octanol–water partition coefficient (Wildman–Crippen LogP) is 2.08. The lowest BCUT2D eigenvalue weighted by molar-refractivity contribution is -0.137. The second kappa shape index (κ2) is 7.23. The van der Waals surface area contributed by atoms with E-state index in [2.05, 4.69) is 0 Å². The Balaban J connectivity index is 1.84. The van der Waals surface area contributed by atoms with Crippen molar-refractivity contribution >= 4 is 12.0 Å². The van der Waals surface area contributed by atoms with Crippen LogP contribution in [-0.2, 0) is 9.53 Å². The maximum atomic E-state index is 12.5. The van der Waals surface area contributed by atoms with Crippen molar-refractivity contribution in [3.05, 3.63) is 17.7 Å². The third-order valence-electron chi connectivity index (χ3n) is 4.15. The summed E-state index contributed by atoms with van der Waals surface area (Å²) in [6.45, 7) is 5.19. The standard InChI is InChI=1S/C18H23NO6/c1-11-8-19(9-12(2)25-11)15(20)6-5-13-7-14(21-3)17-18(16(13)22-4)24-10-23-17/h5-7,11-12H,8-10H2,1-4H3/b6-5+. The molecule has 0 bridgehead atoms. The summed E-state index contributed by atoms with van der Waals surface area (Å²) < 4.78 is 27.4. The molecule has 2 aliphatic rings. The van der Waals surface area contributed by atoms with Gasteiger partial charge in [0, 0.05) is 24.7 Å². The van der Waals surface area contributed by atoms with Crippen LogP contribution < -0.4 is 18.9 Å². The number of morpholine rings is 1. The van der Waals surface area contributed by atoms with E-state index in [4.69, 9.17) is 23.7 Å². The fourth-order valence-corrected chi connectivity index (χ4v) is 3.14. The van der Waals surface area contributed by atoms with Gasteiger partial charge in [-0.05, 0) is 26.0 Å². The molecule has 1 fully saturated rings. The van der Waals surface area contributed by atoms with Gasteiger partial charge in [-0.15, -0.1) is 0 Å². The molecular weight excluding hydrogens is 326 g/mol. The molecule has 0 aromatic heterocycles. The minimum atomic E-state index is -0.0688. The summed E-state index contributed by atoms with van der Waals surface area (Å²) in [4.78, 5) is 14.3. The molecule has 1 aromatic rings. The number of carbonyl (C=O) groups excluding carboxylic acids is 1. The number of rotatable bonds is 4. The molecule has 7 nitrogen and oxygen atoms in total. The van der Waals surface area contributed by atoms with E-state index in [1.165, 1.54) is 6.08 Å². The highest BCUT2D eigenvalue weighted by molar-refractivity contribution is 5.92. The van der Waals surface area contributed by atoms with Crippen LogP contribution in [0.25, 0.3) is 6.08 Å². The summed E-state index contributed by atoms with van der Waals surface area (Å²) in [6, 6.07) is 1.76. The number of nitrogens with zero attached hydrogens (tertiary/aromatic N) is 1. The molecule has 3 rings (SSSR count). The summed E-state index contributed by atoms with van der Waals surface area (Å²) in [5.74, 6) is 1.98. The van der Waals surface area contributed by atoms with Gasteiger partial charge in [0.25, 0.3) is 0 Å². The van der Waals surface area contributed by atoms with E-state index in [1.807, 2.05) is 13.8 Å². The van der Waals surface area contributed by atoms with Gasteiger partial charge in [-0.25, -0.2) is 0 Å². The van der Waals surface area contributed by atoms with Crippen molar-refractivity contribution in [2.45, 2.75) is 26.1 Å². The molecular formula is C18H23NO6. The monoisotopic (exact) mass is 349 g/mol. The number of ether oxygens (including phenoxy) is 5. The fourth-order valence-electron chi connectivity index (χ4n) is 3.14. The van der Waals surface area contributed by atoms with Gasteiger partial charge in [-0.2, -0.15) is 0 Å². The maximum absolute atomic E-state index is 12.5. The van der Waals surface area contributed by atoms with Crippen LogP contribution >= 0.6 is 0 Å². The predicted molar refractivity (Wildman–Crippen MR) is 91.3 cm³/mol. The first-order chi connectivity index (χ1) is 12.0. The van der Waals surface area contributed by atoms with E-state index >= 15 is 0 Å². The lowest BCUT2D eigenvalue weighted by atomic mass is 10.1. The Hall–Kier alpha value is -2.41. The van der Waals surface area contributed by atoms with E-state index in [1.54, 1.807) is 31.3 Å². The van der Waals surface area contributed by atoms with Crippen molar-refractivity contribution < 1.29 is 28.5 Å². The van der Waals surface area contributed by atoms with Gasteiger partial charge >= 0.3 is 0 Å². The SMILES string of the molecule is COc1cc(/C=C/C(=O)N2CC(C)OC(C)C2)c(OC)c2c1OCO2. The molecule has 1 aromatic carbocycles. The normalized spacial score (nSPS) is 22.3. The molecule has 0 N–H and O–H groups in total. The average Bonchev–Trinajstić information content (AvgIpc) is 3.07. The molecule has 7 heteroatoms. The van der Waals surface area contributed by atoms with E-state index in [0.717, 1.165) is 0 Å². The number of fused-ring (bicyclic) bond motifs is 1. The van der Waals surface area contributed by atoms with Crippen molar-refractivity contribution in [3.8, 4) is 23.0 Å². The Morgan fingerprint density at radius 3 is 2.48 bits per heavy atom. The summed E-state index contributed by atoms with van der Waals surface area (Å²) >= 11 is 0. The summed E-state index contributed by atoms with van der Waals surface area (Å²) in [5.41, 5.74) is 0.686. The van der Waals surface area contributed by atoms with E-state index in [0.29, 0.717) is 41.7 Å². The Kier molecular flexibility index (Phi) is 5.03. The van der Waals surface area contributed by atoms with Crippen LogP contribution in [0.5, 0.6) is 23.0 Å². The van der Waals surface area contributed by atoms with E-state index in [-0.39, 0.29) is 24.9 Å². The van der Waals surface area contributed by atoms with Crippen molar-refractivity contribution in [1.82, 2.24) is 4.90 Å². The summed E-state index contributed by atoms with van der Waals surface area (Å²) in [7, 11) is 3.10. The molecule has 25 heavy (non-hydrogen) atoms. The van der Waals surface area contributed by atoms with Crippen LogP contribution in [-0.4, -0.2) is 57.1 Å². The minimum absolute atomic E-state index is 0.0290. The quantitative estimate of drug-likeness (QED) is 0.776. The van der Waals surface area contributed by atoms with Crippen LogP contribution in [0.3, 0.4) is 0 Å².